The van der Waals surface area contributed by atoms with Crippen molar-refractivity contribution in [3.05, 3.63) is 20.3 Å². The molecule has 4 aliphatic carbocycles. The van der Waals surface area contributed by atoms with Crippen molar-refractivity contribution >= 4 is 38.9 Å². The van der Waals surface area contributed by atoms with Gasteiger partial charge in [-0.05, 0) is 97.0 Å². The van der Waals surface area contributed by atoms with E-state index in [2.05, 4.69) is 28.9 Å². The number of thiophene rings is 1. The molecule has 0 amide bonds. The Morgan fingerprint density at radius 1 is 1.25 bits per heavy atom. The largest absolute Gasteiger partial charge is 0.143 e. The zero-order valence-electron chi connectivity index (χ0n) is 12.0. The van der Waals surface area contributed by atoms with E-state index in [1.54, 1.807) is 0 Å². The lowest BCUT2D eigenvalue weighted by Crippen LogP contribution is -2.46. The van der Waals surface area contributed by atoms with E-state index in [4.69, 9.17) is 11.6 Å². The summed E-state index contributed by atoms with van der Waals surface area (Å²) in [4.78, 5) is 2.72. The maximum atomic E-state index is 6.84. The average molecular weight is 374 g/mol. The first kappa shape index (κ1) is 14.1. The molecule has 0 N–H and O–H groups in total. The molecule has 4 bridgehead atoms. The smallest absolute Gasteiger partial charge is 0.0695 e. The summed E-state index contributed by atoms with van der Waals surface area (Å²) in [7, 11) is 0. The van der Waals surface area contributed by atoms with Crippen LogP contribution in [-0.4, -0.2) is 0 Å². The first-order chi connectivity index (χ1) is 9.53. The molecule has 0 aliphatic heterocycles. The van der Waals surface area contributed by atoms with Gasteiger partial charge in [0.15, 0.2) is 0 Å². The normalized spacial score (nSPS) is 40.2. The van der Waals surface area contributed by atoms with Crippen LogP contribution in [0.1, 0.15) is 60.1 Å². The van der Waals surface area contributed by atoms with Crippen molar-refractivity contribution in [2.75, 3.05) is 0 Å². The minimum atomic E-state index is 0.208. The fraction of sp³-hybridized carbons (Fsp3) is 0.765. The molecular formula is C17H22BrClS. The maximum Gasteiger partial charge on any atom is 0.0695 e. The maximum absolute atomic E-state index is 6.84. The first-order valence-electron chi connectivity index (χ1n) is 7.93. The predicted octanol–water partition coefficient (Wildman–Crippen LogP) is 6.71. The highest BCUT2D eigenvalue weighted by Gasteiger charge is 2.51. The fourth-order valence-corrected chi connectivity index (χ4v) is 8.34. The zero-order valence-corrected chi connectivity index (χ0v) is 15.2. The Morgan fingerprint density at radius 3 is 2.25 bits per heavy atom. The molecule has 0 spiro atoms. The van der Waals surface area contributed by atoms with Crippen molar-refractivity contribution < 1.29 is 0 Å². The summed E-state index contributed by atoms with van der Waals surface area (Å²) in [5, 5.41) is 0.208. The molecule has 1 aromatic rings. The highest BCUT2D eigenvalue weighted by Crippen LogP contribution is 2.63. The minimum Gasteiger partial charge on any atom is -0.143 e. The molecule has 4 fully saturated rings. The third-order valence-corrected chi connectivity index (χ3v) is 8.48. The van der Waals surface area contributed by atoms with Crippen LogP contribution >= 0.6 is 38.9 Å². The van der Waals surface area contributed by atoms with Gasteiger partial charge < -0.3 is 0 Å². The molecule has 20 heavy (non-hydrogen) atoms. The number of halogens is 2. The molecule has 0 radical (unpaired) electrons. The van der Waals surface area contributed by atoms with Gasteiger partial charge in [-0.15, -0.1) is 22.9 Å². The molecule has 0 saturated heterocycles. The second-order valence-corrected chi connectivity index (χ2v) is 10.3. The number of hydrogen-bond acceptors (Lipinski definition) is 1. The number of rotatable bonds is 3. The van der Waals surface area contributed by atoms with Gasteiger partial charge in [0, 0.05) is 14.2 Å². The lowest BCUT2D eigenvalue weighted by molar-refractivity contribution is -0.0575. The van der Waals surface area contributed by atoms with Crippen molar-refractivity contribution in [1.82, 2.24) is 0 Å². The van der Waals surface area contributed by atoms with Crippen LogP contribution in [-0.2, 0) is 0 Å². The van der Waals surface area contributed by atoms with Crippen LogP contribution in [0.4, 0.5) is 0 Å². The number of hydrogen-bond donors (Lipinski definition) is 0. The summed E-state index contributed by atoms with van der Waals surface area (Å²) in [5.41, 5.74) is 0.582. The summed E-state index contributed by atoms with van der Waals surface area (Å²) < 4.78 is 1.23. The molecule has 0 aromatic carbocycles. The predicted molar refractivity (Wildman–Crippen MR) is 90.6 cm³/mol. The lowest BCUT2D eigenvalue weighted by Gasteiger charge is -2.57. The van der Waals surface area contributed by atoms with Gasteiger partial charge >= 0.3 is 0 Å². The number of aryl methyl sites for hydroxylation is 1. The van der Waals surface area contributed by atoms with Gasteiger partial charge in [-0.1, -0.05) is 0 Å². The average Bonchev–Trinajstić information content (AvgIpc) is 2.66. The van der Waals surface area contributed by atoms with Crippen molar-refractivity contribution in [2.45, 2.75) is 57.2 Å². The second kappa shape index (κ2) is 4.99. The van der Waals surface area contributed by atoms with Gasteiger partial charge in [0.2, 0.25) is 0 Å². The van der Waals surface area contributed by atoms with Crippen molar-refractivity contribution in [3.8, 4) is 0 Å². The van der Waals surface area contributed by atoms with Gasteiger partial charge in [0.1, 0.15) is 0 Å². The monoisotopic (exact) mass is 372 g/mol. The molecule has 4 aliphatic rings. The SMILES string of the molecule is Cc1cc(Br)c(C(Cl)CC23CC4CC(CC(C4)C2)C3)s1. The Bertz CT molecular complexity index is 486. The Labute approximate surface area is 139 Å². The molecular weight excluding hydrogens is 352 g/mol. The van der Waals surface area contributed by atoms with E-state index >= 15 is 0 Å². The van der Waals surface area contributed by atoms with Crippen LogP contribution in [0, 0.1) is 30.1 Å². The van der Waals surface area contributed by atoms with E-state index in [0.717, 1.165) is 17.8 Å². The molecule has 5 rings (SSSR count). The molecule has 1 unspecified atom stereocenters. The van der Waals surface area contributed by atoms with E-state index in [-0.39, 0.29) is 5.38 Å². The summed E-state index contributed by atoms with van der Waals surface area (Å²) in [6, 6.07) is 2.22. The molecule has 4 saturated carbocycles. The summed E-state index contributed by atoms with van der Waals surface area (Å²) in [5.74, 6) is 3.08. The van der Waals surface area contributed by atoms with Crippen LogP contribution in [0.15, 0.2) is 10.5 Å². The van der Waals surface area contributed by atoms with Gasteiger partial charge in [0.25, 0.3) is 0 Å². The highest BCUT2D eigenvalue weighted by molar-refractivity contribution is 9.10. The van der Waals surface area contributed by atoms with E-state index < -0.39 is 0 Å². The molecule has 1 heterocycles. The van der Waals surface area contributed by atoms with Crippen LogP contribution in [0.25, 0.3) is 0 Å². The second-order valence-electron chi connectivity index (χ2n) is 7.66. The van der Waals surface area contributed by atoms with Gasteiger partial charge in [-0.3, -0.25) is 0 Å². The van der Waals surface area contributed by atoms with Crippen molar-refractivity contribution in [2.24, 2.45) is 23.2 Å². The quantitative estimate of drug-likeness (QED) is 0.517. The standard InChI is InChI=1S/C17H22BrClS/c1-10-2-14(18)16(20-10)15(19)9-17-6-11-3-12(7-17)5-13(4-11)8-17/h2,11-13,15H,3-9H2,1H3. The molecule has 0 nitrogen and oxygen atoms in total. The van der Waals surface area contributed by atoms with Gasteiger partial charge in [0.05, 0.1) is 5.38 Å². The van der Waals surface area contributed by atoms with Crippen LogP contribution in [0.3, 0.4) is 0 Å². The van der Waals surface area contributed by atoms with E-state index in [1.807, 2.05) is 11.3 Å². The Kier molecular flexibility index (Phi) is 3.52. The third kappa shape index (κ3) is 2.40. The van der Waals surface area contributed by atoms with Crippen LogP contribution in [0.5, 0.6) is 0 Å². The molecule has 1 aromatic heterocycles. The third-order valence-electron chi connectivity index (χ3n) is 5.90. The topological polar surface area (TPSA) is 0 Å². The summed E-state index contributed by atoms with van der Waals surface area (Å²) in [6.45, 7) is 2.17. The van der Waals surface area contributed by atoms with Crippen LogP contribution in [0.2, 0.25) is 0 Å². The van der Waals surface area contributed by atoms with Gasteiger partial charge in [-0.25, -0.2) is 0 Å². The summed E-state index contributed by atoms with van der Waals surface area (Å²) >= 11 is 12.4. The Morgan fingerprint density at radius 2 is 1.80 bits per heavy atom. The van der Waals surface area contributed by atoms with Gasteiger partial charge in [-0.2, -0.15) is 0 Å². The molecule has 1 atom stereocenters. The van der Waals surface area contributed by atoms with E-state index in [0.29, 0.717) is 5.41 Å². The summed E-state index contributed by atoms with van der Waals surface area (Å²) in [6.07, 6.45) is 10.2. The first-order valence-corrected chi connectivity index (χ1v) is 9.97. The molecule has 3 heteroatoms. The molecule has 110 valence electrons. The highest BCUT2D eigenvalue weighted by atomic mass is 79.9. The Balaban J connectivity index is 1.55. The fourth-order valence-electron chi connectivity index (χ4n) is 5.73. The Hall–Kier alpha value is 0.470. The lowest BCUT2D eigenvalue weighted by atomic mass is 9.48. The van der Waals surface area contributed by atoms with Crippen molar-refractivity contribution in [1.29, 1.82) is 0 Å². The number of alkyl halides is 1. The van der Waals surface area contributed by atoms with E-state index in [9.17, 15) is 0 Å². The van der Waals surface area contributed by atoms with E-state index in [1.165, 1.54) is 59.2 Å². The van der Waals surface area contributed by atoms with Crippen molar-refractivity contribution in [3.63, 3.8) is 0 Å². The minimum absolute atomic E-state index is 0.208. The van der Waals surface area contributed by atoms with Crippen LogP contribution < -0.4 is 0 Å². The zero-order chi connectivity index (χ0) is 13.9.